The molecular formula is C38H38MgN4O6-2. The predicted molar refractivity (Wildman–Crippen MR) is 187 cm³/mol. The van der Waals surface area contributed by atoms with Crippen LogP contribution in [-0.2, 0) is 25.5 Å². The number of carbonyl (C=O) groups is 4. The summed E-state index contributed by atoms with van der Waals surface area (Å²) in [5.74, 6) is -3.20. The summed E-state index contributed by atoms with van der Waals surface area (Å²) in [6.45, 7) is 14.0. The summed E-state index contributed by atoms with van der Waals surface area (Å²) in [6, 6.07) is 0. The van der Waals surface area contributed by atoms with Gasteiger partial charge in [-0.25, -0.2) is 0 Å². The van der Waals surface area contributed by atoms with Crippen molar-refractivity contribution in [1.29, 1.82) is 0 Å². The van der Waals surface area contributed by atoms with Crippen LogP contribution < -0.4 is 25.7 Å². The molecule has 3 aromatic rings. The van der Waals surface area contributed by atoms with Crippen LogP contribution in [0.3, 0.4) is 0 Å². The zero-order chi connectivity index (χ0) is 34.4. The SMILES string of the molecule is C=Cc1c2[n-]c(c1C)/C=C1\[N-]/C(=C3\c4[n-]c(c(C)c4C(=O)[C@@H]3C(=O)OC)/C=c3\[n-]/c(c(C=O)c3CC)=C\2)[C@@H](CCC(=O)OCCC)[C@@H]1C.[Mg+2]. The molecule has 10 nitrogen and oxygen atoms in total. The molecule has 0 spiro atoms. The van der Waals surface area contributed by atoms with Gasteiger partial charge in [-0.2, -0.15) is 11.4 Å². The molecule has 0 amide bonds. The number of allylic oxidation sites excluding steroid dienone is 2. The molecule has 5 heterocycles. The Balaban J connectivity index is 0.00000468. The van der Waals surface area contributed by atoms with Gasteiger partial charge in [0.05, 0.1) is 13.7 Å². The summed E-state index contributed by atoms with van der Waals surface area (Å²) < 4.78 is 10.5. The van der Waals surface area contributed by atoms with E-state index in [1.807, 2.05) is 33.8 Å². The fourth-order valence-electron chi connectivity index (χ4n) is 7.16. The number of rotatable bonds is 9. The number of hydrogen-bond acceptors (Lipinski definition) is 6. The number of carbonyl (C=O) groups excluding carboxylic acids is 4. The van der Waals surface area contributed by atoms with Crippen molar-refractivity contribution in [3.05, 3.63) is 90.1 Å². The van der Waals surface area contributed by atoms with Gasteiger partial charge in [0, 0.05) is 17.5 Å². The predicted octanol–water partition coefficient (Wildman–Crippen LogP) is 3.89. The minimum absolute atomic E-state index is 0. The maximum absolute atomic E-state index is 14.1. The van der Waals surface area contributed by atoms with Crippen molar-refractivity contribution in [2.45, 2.75) is 60.3 Å². The first-order chi connectivity index (χ1) is 23.1. The molecule has 0 N–H and O–H groups in total. The number of ether oxygens (including phenoxy) is 2. The smallest absolute Gasteiger partial charge is 0.664 e. The number of fused-ring (bicyclic) bond motifs is 7. The quantitative estimate of drug-likeness (QED) is 0.143. The number of aromatic nitrogens is 3. The van der Waals surface area contributed by atoms with E-state index in [1.54, 1.807) is 25.2 Å². The number of hydrogen-bond donors (Lipinski definition) is 0. The molecule has 1 aliphatic carbocycles. The molecule has 0 radical (unpaired) electrons. The standard InChI is InChI=1S/C38H39N4O6.Mg/c1-8-13-48-31(44)12-11-23-19(5)26-14-25-18(4)21(9-2)28(39-25)16-30-24(17-43)22(10-3)29(40-30)15-27-20(6)32-36(42-27)33(35(23)41-26)34(37(32)45)38(46)47-7;/h9,14-17,19,23,34H,2,8,10-13H2,1,3-7H3,(H-,41,42,43,45);/q-3;+2/p-1/b26-14-,30-16-;/t19-,23-,34+;/m0./s1. The third-order valence-electron chi connectivity index (χ3n) is 9.75. The number of aldehydes is 1. The van der Waals surface area contributed by atoms with E-state index in [9.17, 15) is 19.2 Å². The minimum atomic E-state index is -1.25. The van der Waals surface area contributed by atoms with E-state index in [2.05, 4.69) is 6.58 Å². The largest absolute Gasteiger partial charge is 2.00 e. The van der Waals surface area contributed by atoms with Crippen LogP contribution in [0.15, 0.2) is 18.0 Å². The molecule has 49 heavy (non-hydrogen) atoms. The van der Waals surface area contributed by atoms with Crippen molar-refractivity contribution < 1.29 is 28.7 Å². The maximum Gasteiger partial charge on any atom is 2.00 e. The van der Waals surface area contributed by atoms with Gasteiger partial charge < -0.3 is 29.7 Å². The van der Waals surface area contributed by atoms with Crippen LogP contribution in [0, 0.1) is 31.6 Å². The van der Waals surface area contributed by atoms with Crippen LogP contribution in [0.2, 0.25) is 0 Å². The Morgan fingerprint density at radius 3 is 2.35 bits per heavy atom. The summed E-state index contributed by atoms with van der Waals surface area (Å²) in [7, 11) is 1.25. The fourth-order valence-corrected chi connectivity index (χ4v) is 7.16. The molecule has 6 rings (SSSR count). The Hall–Kier alpha value is -4.35. The Bertz CT molecular complexity index is 2070. The van der Waals surface area contributed by atoms with Crippen LogP contribution in [0.5, 0.6) is 0 Å². The molecular weight excluding hydrogens is 633 g/mol. The summed E-state index contributed by atoms with van der Waals surface area (Å²) in [6.07, 6.45) is 9.82. The topological polar surface area (TPSA) is 143 Å². The first-order valence-electron chi connectivity index (χ1n) is 16.3. The molecule has 0 aromatic carbocycles. The summed E-state index contributed by atoms with van der Waals surface area (Å²) in [5, 5.41) is 6.16. The fraction of sp³-hybridized carbons (Fsp3) is 0.368. The second-order valence-electron chi connectivity index (χ2n) is 12.5. The number of ketones is 1. The monoisotopic (exact) mass is 670 g/mol. The van der Waals surface area contributed by atoms with Gasteiger partial charge in [-0.3, -0.25) is 19.2 Å². The first kappa shape index (κ1) is 35.9. The molecule has 0 unspecified atom stereocenters. The molecule has 250 valence electrons. The van der Waals surface area contributed by atoms with Crippen molar-refractivity contribution >= 4 is 76.9 Å². The maximum atomic E-state index is 14.1. The van der Waals surface area contributed by atoms with E-state index < -0.39 is 17.7 Å². The number of nitrogens with zero attached hydrogens (tertiary/aromatic N) is 4. The normalized spacial score (nSPS) is 22.9. The van der Waals surface area contributed by atoms with Crippen molar-refractivity contribution in [2.75, 3.05) is 13.7 Å². The van der Waals surface area contributed by atoms with Gasteiger partial charge in [-0.15, -0.1) is 33.5 Å². The number of methoxy groups -OCH3 is 1. The Morgan fingerprint density at radius 2 is 1.69 bits per heavy atom. The van der Waals surface area contributed by atoms with E-state index >= 15 is 0 Å². The van der Waals surface area contributed by atoms with Crippen molar-refractivity contribution in [3.8, 4) is 0 Å². The van der Waals surface area contributed by atoms with Crippen LogP contribution in [0.25, 0.3) is 35.2 Å². The zero-order valence-electron chi connectivity index (χ0n) is 28.8. The summed E-state index contributed by atoms with van der Waals surface area (Å²) >= 11 is 0. The average molecular weight is 671 g/mol. The van der Waals surface area contributed by atoms with Gasteiger partial charge in [-0.05, 0) is 50.5 Å². The molecule has 2 aliphatic heterocycles. The molecule has 3 aromatic heterocycles. The van der Waals surface area contributed by atoms with Gasteiger partial charge >= 0.3 is 35.0 Å². The van der Waals surface area contributed by atoms with E-state index in [0.717, 1.165) is 23.0 Å². The van der Waals surface area contributed by atoms with Gasteiger partial charge in [0.2, 0.25) is 0 Å². The Kier molecular flexibility index (Phi) is 10.4. The van der Waals surface area contributed by atoms with Crippen molar-refractivity contribution in [1.82, 2.24) is 15.0 Å². The van der Waals surface area contributed by atoms with Gasteiger partial charge in [0.25, 0.3) is 0 Å². The van der Waals surface area contributed by atoms with E-state index in [4.69, 9.17) is 29.7 Å². The van der Waals surface area contributed by atoms with Crippen LogP contribution in [0.1, 0.15) is 106 Å². The molecule has 8 bridgehead atoms. The third kappa shape index (κ3) is 5.97. The molecule has 1 saturated heterocycles. The zero-order valence-corrected chi connectivity index (χ0v) is 30.2. The summed E-state index contributed by atoms with van der Waals surface area (Å²) in [4.78, 5) is 67.3. The van der Waals surface area contributed by atoms with Crippen LogP contribution in [0.4, 0.5) is 0 Å². The molecule has 1 fully saturated rings. The number of esters is 2. The average Bonchev–Trinajstić information content (AvgIpc) is 3.82. The third-order valence-corrected chi connectivity index (χ3v) is 9.75. The van der Waals surface area contributed by atoms with Gasteiger partial charge in [-0.1, -0.05) is 73.9 Å². The van der Waals surface area contributed by atoms with Crippen molar-refractivity contribution in [2.24, 2.45) is 17.8 Å². The van der Waals surface area contributed by atoms with E-state index in [0.29, 0.717) is 93.0 Å². The first-order valence-corrected chi connectivity index (χ1v) is 16.3. The molecule has 3 atom stereocenters. The minimum Gasteiger partial charge on any atom is -0.664 e. The second kappa shape index (κ2) is 14.2. The van der Waals surface area contributed by atoms with E-state index in [1.165, 1.54) is 7.11 Å². The number of Topliss-reactive ketones (excluding diaryl/α,β-unsaturated/α-hetero) is 1. The van der Waals surface area contributed by atoms with Gasteiger partial charge in [0.15, 0.2) is 5.78 Å². The van der Waals surface area contributed by atoms with Crippen LogP contribution in [-0.4, -0.2) is 60.8 Å². The molecule has 11 heteroatoms. The molecule has 0 saturated carbocycles. The Morgan fingerprint density at radius 1 is 0.980 bits per heavy atom. The second-order valence-corrected chi connectivity index (χ2v) is 12.5. The Labute approximate surface area is 301 Å². The molecule has 3 aliphatic rings. The van der Waals surface area contributed by atoms with Gasteiger partial charge in [0.1, 0.15) is 12.2 Å². The van der Waals surface area contributed by atoms with E-state index in [-0.39, 0.29) is 47.3 Å². The van der Waals surface area contributed by atoms with Crippen molar-refractivity contribution in [3.63, 3.8) is 0 Å². The van der Waals surface area contributed by atoms with Crippen LogP contribution >= 0.6 is 0 Å². The summed E-state index contributed by atoms with van der Waals surface area (Å²) in [5.41, 5.74) is 7.63.